The quantitative estimate of drug-likeness (QED) is 0.629. The highest BCUT2D eigenvalue weighted by atomic mass is 35.5. The Hall–Kier alpha value is 0.250. The second-order valence-electron chi connectivity index (χ2n) is 6.10. The van der Waals surface area contributed by atoms with Crippen LogP contribution in [0.5, 0.6) is 0 Å². The second-order valence-corrected chi connectivity index (χ2v) is 6.66. The molecule has 0 N–H and O–H groups in total. The van der Waals surface area contributed by atoms with Gasteiger partial charge in [-0.05, 0) is 50.4 Å². The fourth-order valence-electron chi connectivity index (χ4n) is 4.27. The van der Waals surface area contributed by atoms with E-state index in [1.807, 2.05) is 0 Å². The van der Waals surface area contributed by atoms with Crippen molar-refractivity contribution in [2.75, 3.05) is 6.61 Å². The summed E-state index contributed by atoms with van der Waals surface area (Å²) in [6, 6.07) is 0. The molecule has 1 aliphatic heterocycles. The Labute approximate surface area is 104 Å². The van der Waals surface area contributed by atoms with Crippen molar-refractivity contribution in [1.82, 2.24) is 0 Å². The SMILES string of the molecule is ClC1CCCC1C1CCOC2(CCCC2)C1. The maximum absolute atomic E-state index is 6.47. The van der Waals surface area contributed by atoms with Crippen LogP contribution in [-0.2, 0) is 4.74 Å². The van der Waals surface area contributed by atoms with Gasteiger partial charge < -0.3 is 4.74 Å². The lowest BCUT2D eigenvalue weighted by Gasteiger charge is -2.41. The van der Waals surface area contributed by atoms with Crippen LogP contribution in [0.25, 0.3) is 0 Å². The summed E-state index contributed by atoms with van der Waals surface area (Å²) in [5.41, 5.74) is 0.280. The van der Waals surface area contributed by atoms with Gasteiger partial charge in [0.25, 0.3) is 0 Å². The third kappa shape index (κ3) is 2.01. The van der Waals surface area contributed by atoms with Gasteiger partial charge in [0, 0.05) is 12.0 Å². The Morgan fingerprint density at radius 1 is 1.00 bits per heavy atom. The van der Waals surface area contributed by atoms with E-state index in [0.717, 1.165) is 18.4 Å². The minimum absolute atomic E-state index is 0.280. The predicted octanol–water partition coefficient (Wildman–Crippen LogP) is 4.13. The molecule has 16 heavy (non-hydrogen) atoms. The molecular formula is C14H23ClO. The molecule has 0 aromatic heterocycles. The molecule has 0 aromatic rings. The number of alkyl halides is 1. The zero-order valence-corrected chi connectivity index (χ0v) is 10.8. The lowest BCUT2D eigenvalue weighted by molar-refractivity contribution is -0.101. The highest BCUT2D eigenvalue weighted by molar-refractivity contribution is 6.20. The molecule has 92 valence electrons. The van der Waals surface area contributed by atoms with E-state index in [9.17, 15) is 0 Å². The fraction of sp³-hybridized carbons (Fsp3) is 1.00. The summed E-state index contributed by atoms with van der Waals surface area (Å²) in [6.45, 7) is 0.991. The van der Waals surface area contributed by atoms with Crippen molar-refractivity contribution in [2.24, 2.45) is 11.8 Å². The van der Waals surface area contributed by atoms with Crippen LogP contribution in [0.2, 0.25) is 0 Å². The van der Waals surface area contributed by atoms with Crippen LogP contribution in [0.3, 0.4) is 0 Å². The highest BCUT2D eigenvalue weighted by Crippen LogP contribution is 2.47. The first-order chi connectivity index (χ1) is 7.79. The molecule has 0 bridgehead atoms. The van der Waals surface area contributed by atoms with Crippen LogP contribution < -0.4 is 0 Å². The Bertz CT molecular complexity index is 247. The first kappa shape index (κ1) is 11.3. The predicted molar refractivity (Wildman–Crippen MR) is 66.9 cm³/mol. The summed E-state index contributed by atoms with van der Waals surface area (Å²) < 4.78 is 6.11. The lowest BCUT2D eigenvalue weighted by Crippen LogP contribution is -2.40. The smallest absolute Gasteiger partial charge is 0.0685 e. The average Bonchev–Trinajstić information content (AvgIpc) is 2.88. The van der Waals surface area contributed by atoms with Gasteiger partial charge in [-0.15, -0.1) is 11.6 Å². The van der Waals surface area contributed by atoms with Crippen molar-refractivity contribution in [1.29, 1.82) is 0 Å². The van der Waals surface area contributed by atoms with Gasteiger partial charge in [0.2, 0.25) is 0 Å². The summed E-state index contributed by atoms with van der Waals surface area (Å²) in [5, 5.41) is 0.460. The second kappa shape index (κ2) is 4.49. The molecule has 0 radical (unpaired) electrons. The topological polar surface area (TPSA) is 9.23 Å². The van der Waals surface area contributed by atoms with Crippen molar-refractivity contribution in [2.45, 2.75) is 68.8 Å². The number of rotatable bonds is 1. The van der Waals surface area contributed by atoms with Gasteiger partial charge in [0.15, 0.2) is 0 Å². The fourth-order valence-corrected chi connectivity index (χ4v) is 4.76. The Morgan fingerprint density at radius 2 is 1.81 bits per heavy atom. The van der Waals surface area contributed by atoms with Gasteiger partial charge in [-0.25, -0.2) is 0 Å². The molecule has 0 amide bonds. The van der Waals surface area contributed by atoms with Crippen LogP contribution in [0.4, 0.5) is 0 Å². The molecule has 3 fully saturated rings. The van der Waals surface area contributed by atoms with Gasteiger partial charge in [0.1, 0.15) is 0 Å². The minimum atomic E-state index is 0.280. The molecule has 2 heteroatoms. The van der Waals surface area contributed by atoms with Crippen molar-refractivity contribution < 1.29 is 4.74 Å². The molecule has 2 aliphatic carbocycles. The van der Waals surface area contributed by atoms with Crippen molar-refractivity contribution >= 4 is 11.6 Å². The molecule has 3 atom stereocenters. The minimum Gasteiger partial charge on any atom is -0.375 e. The van der Waals surface area contributed by atoms with Crippen molar-refractivity contribution in [3.05, 3.63) is 0 Å². The molecule has 3 unspecified atom stereocenters. The number of ether oxygens (including phenoxy) is 1. The standard InChI is InChI=1S/C14H23ClO/c15-13-5-3-4-12(13)11-6-9-16-14(10-11)7-1-2-8-14/h11-13H,1-10H2. The Balaban J connectivity index is 1.67. The van der Waals surface area contributed by atoms with Crippen molar-refractivity contribution in [3.8, 4) is 0 Å². The third-order valence-electron chi connectivity index (χ3n) is 5.13. The van der Waals surface area contributed by atoms with Gasteiger partial charge in [-0.2, -0.15) is 0 Å². The summed E-state index contributed by atoms with van der Waals surface area (Å²) in [4.78, 5) is 0. The van der Waals surface area contributed by atoms with E-state index in [0.29, 0.717) is 5.38 Å². The zero-order chi connectivity index (χ0) is 11.0. The maximum atomic E-state index is 6.47. The molecule has 1 saturated heterocycles. The molecular weight excluding hydrogens is 220 g/mol. The van der Waals surface area contributed by atoms with E-state index < -0.39 is 0 Å². The van der Waals surface area contributed by atoms with Crippen LogP contribution >= 0.6 is 11.6 Å². The van der Waals surface area contributed by atoms with Gasteiger partial charge >= 0.3 is 0 Å². The normalized spacial score (nSPS) is 42.9. The molecule has 3 aliphatic rings. The lowest BCUT2D eigenvalue weighted by atomic mass is 9.77. The largest absolute Gasteiger partial charge is 0.375 e. The zero-order valence-electron chi connectivity index (χ0n) is 10.1. The average molecular weight is 243 g/mol. The first-order valence-corrected chi connectivity index (χ1v) is 7.51. The van der Waals surface area contributed by atoms with E-state index in [1.54, 1.807) is 0 Å². The molecule has 1 spiro atoms. The van der Waals surface area contributed by atoms with Crippen LogP contribution in [0.1, 0.15) is 57.8 Å². The summed E-state index contributed by atoms with van der Waals surface area (Å²) in [7, 11) is 0. The highest BCUT2D eigenvalue weighted by Gasteiger charge is 2.44. The monoisotopic (exact) mass is 242 g/mol. The number of hydrogen-bond acceptors (Lipinski definition) is 1. The number of hydrogen-bond donors (Lipinski definition) is 0. The van der Waals surface area contributed by atoms with E-state index >= 15 is 0 Å². The first-order valence-electron chi connectivity index (χ1n) is 7.07. The molecule has 1 heterocycles. The maximum Gasteiger partial charge on any atom is 0.0685 e. The number of halogens is 1. The Kier molecular flexibility index (Phi) is 3.19. The molecule has 1 nitrogen and oxygen atoms in total. The molecule has 2 saturated carbocycles. The van der Waals surface area contributed by atoms with E-state index in [1.165, 1.54) is 57.8 Å². The van der Waals surface area contributed by atoms with Crippen LogP contribution in [0.15, 0.2) is 0 Å². The summed E-state index contributed by atoms with van der Waals surface area (Å²) >= 11 is 6.47. The van der Waals surface area contributed by atoms with E-state index in [4.69, 9.17) is 16.3 Å². The summed E-state index contributed by atoms with van der Waals surface area (Å²) in [5.74, 6) is 1.65. The van der Waals surface area contributed by atoms with Crippen LogP contribution in [0, 0.1) is 11.8 Å². The van der Waals surface area contributed by atoms with Gasteiger partial charge in [-0.1, -0.05) is 19.3 Å². The van der Waals surface area contributed by atoms with E-state index in [2.05, 4.69) is 0 Å². The van der Waals surface area contributed by atoms with E-state index in [-0.39, 0.29) is 5.60 Å². The molecule has 0 aromatic carbocycles. The molecule has 3 rings (SSSR count). The van der Waals surface area contributed by atoms with Gasteiger partial charge in [0.05, 0.1) is 5.60 Å². The van der Waals surface area contributed by atoms with Gasteiger partial charge in [-0.3, -0.25) is 0 Å². The third-order valence-corrected chi connectivity index (χ3v) is 5.68. The van der Waals surface area contributed by atoms with Crippen molar-refractivity contribution in [3.63, 3.8) is 0 Å². The van der Waals surface area contributed by atoms with Crippen LogP contribution in [-0.4, -0.2) is 17.6 Å². The Morgan fingerprint density at radius 3 is 2.50 bits per heavy atom. The summed E-state index contributed by atoms with van der Waals surface area (Å²) in [6.07, 6.45) is 11.9.